The number of rotatable bonds is 2. The molecule has 110 valence electrons. The van der Waals surface area contributed by atoms with Crippen molar-refractivity contribution in [2.75, 3.05) is 0 Å². The van der Waals surface area contributed by atoms with Crippen molar-refractivity contribution >= 4 is 29.5 Å². The first-order valence-electron chi connectivity index (χ1n) is 6.30. The molecule has 4 nitrogen and oxygen atoms in total. The summed E-state index contributed by atoms with van der Waals surface area (Å²) in [7, 11) is 0. The lowest BCUT2D eigenvalue weighted by Crippen LogP contribution is -2.07. The Kier molecular flexibility index (Phi) is 3.65. The first-order valence-corrected chi connectivity index (χ1v) is 6.68. The van der Waals surface area contributed by atoms with Crippen LogP contribution in [-0.2, 0) is 9.53 Å². The van der Waals surface area contributed by atoms with Gasteiger partial charge in [-0.3, -0.25) is 0 Å². The maximum atomic E-state index is 13.7. The minimum atomic E-state index is -0.724. The largest absolute Gasteiger partial charge is 0.507 e. The van der Waals surface area contributed by atoms with E-state index < -0.39 is 11.8 Å². The van der Waals surface area contributed by atoms with Gasteiger partial charge in [-0.2, -0.15) is 0 Å². The molecule has 1 aliphatic heterocycles. The number of hydrogen-bond donors (Lipinski definition) is 1. The number of benzene rings is 2. The van der Waals surface area contributed by atoms with Gasteiger partial charge in [0, 0.05) is 10.6 Å². The summed E-state index contributed by atoms with van der Waals surface area (Å²) in [4.78, 5) is 15.8. The second-order valence-corrected chi connectivity index (χ2v) is 4.96. The SMILES string of the molecule is O=C1OC(c2ccccc2F)=N/C1=C\c1cc(Cl)ccc1O. The van der Waals surface area contributed by atoms with E-state index in [1.54, 1.807) is 6.07 Å². The van der Waals surface area contributed by atoms with Crippen LogP contribution in [0, 0.1) is 5.82 Å². The molecule has 0 bridgehead atoms. The Morgan fingerprint density at radius 2 is 2.00 bits per heavy atom. The van der Waals surface area contributed by atoms with Crippen LogP contribution in [0.1, 0.15) is 11.1 Å². The van der Waals surface area contributed by atoms with Gasteiger partial charge in [-0.05, 0) is 36.4 Å². The molecule has 0 spiro atoms. The summed E-state index contributed by atoms with van der Waals surface area (Å²) in [5.41, 5.74) is 0.364. The fraction of sp³-hybridized carbons (Fsp3) is 0. The lowest BCUT2D eigenvalue weighted by molar-refractivity contribution is -0.129. The predicted octanol–water partition coefficient (Wildman–Crippen LogP) is 3.53. The molecule has 0 radical (unpaired) electrons. The van der Waals surface area contributed by atoms with Gasteiger partial charge in [0.15, 0.2) is 5.70 Å². The van der Waals surface area contributed by atoms with E-state index in [2.05, 4.69) is 4.99 Å². The third-order valence-electron chi connectivity index (χ3n) is 3.01. The summed E-state index contributed by atoms with van der Waals surface area (Å²) in [6, 6.07) is 10.2. The summed E-state index contributed by atoms with van der Waals surface area (Å²) < 4.78 is 18.7. The second kappa shape index (κ2) is 5.61. The van der Waals surface area contributed by atoms with Crippen molar-refractivity contribution in [3.05, 3.63) is 70.1 Å². The van der Waals surface area contributed by atoms with E-state index in [9.17, 15) is 14.3 Å². The van der Waals surface area contributed by atoms with Crippen LogP contribution in [0.25, 0.3) is 6.08 Å². The Bertz CT molecular complexity index is 830. The smallest absolute Gasteiger partial charge is 0.363 e. The summed E-state index contributed by atoms with van der Waals surface area (Å²) >= 11 is 5.84. The van der Waals surface area contributed by atoms with Gasteiger partial charge in [-0.15, -0.1) is 0 Å². The van der Waals surface area contributed by atoms with Gasteiger partial charge < -0.3 is 9.84 Å². The lowest BCUT2D eigenvalue weighted by Gasteiger charge is -1.99. The molecular weight excluding hydrogens is 309 g/mol. The van der Waals surface area contributed by atoms with Crippen molar-refractivity contribution in [2.45, 2.75) is 0 Å². The van der Waals surface area contributed by atoms with Gasteiger partial charge >= 0.3 is 5.97 Å². The molecule has 6 heteroatoms. The van der Waals surface area contributed by atoms with Crippen LogP contribution in [0.4, 0.5) is 4.39 Å². The van der Waals surface area contributed by atoms with E-state index in [-0.39, 0.29) is 22.9 Å². The fourth-order valence-electron chi connectivity index (χ4n) is 1.95. The number of carbonyl (C=O) groups is 1. The Hall–Kier alpha value is -2.66. The fourth-order valence-corrected chi connectivity index (χ4v) is 2.13. The first-order chi connectivity index (χ1) is 10.5. The Balaban J connectivity index is 2.02. The molecule has 0 unspecified atom stereocenters. The van der Waals surface area contributed by atoms with E-state index in [0.29, 0.717) is 10.6 Å². The number of aromatic hydroxyl groups is 1. The van der Waals surface area contributed by atoms with Crippen LogP contribution < -0.4 is 0 Å². The Morgan fingerprint density at radius 1 is 1.23 bits per heavy atom. The van der Waals surface area contributed by atoms with Gasteiger partial charge in [0.25, 0.3) is 0 Å². The molecule has 0 aliphatic carbocycles. The summed E-state index contributed by atoms with van der Waals surface area (Å²) in [5.74, 6) is -1.44. The molecule has 1 aliphatic rings. The van der Waals surface area contributed by atoms with Crippen LogP contribution in [0.3, 0.4) is 0 Å². The number of hydrogen-bond acceptors (Lipinski definition) is 4. The highest BCUT2D eigenvalue weighted by Gasteiger charge is 2.26. The highest BCUT2D eigenvalue weighted by molar-refractivity contribution is 6.30. The minimum absolute atomic E-state index is 0.0455. The standard InChI is InChI=1S/C16H9ClFNO3/c17-10-5-6-14(20)9(7-10)8-13-16(21)22-15(19-13)11-3-1-2-4-12(11)18/h1-8,20H/b13-8-. The van der Waals surface area contributed by atoms with E-state index in [0.717, 1.165) is 0 Å². The predicted molar refractivity (Wildman–Crippen MR) is 80.1 cm³/mol. The Labute approximate surface area is 130 Å². The number of cyclic esters (lactones) is 1. The molecule has 1 heterocycles. The molecule has 2 aromatic carbocycles. The van der Waals surface area contributed by atoms with Crippen molar-refractivity contribution in [3.8, 4) is 5.75 Å². The van der Waals surface area contributed by atoms with Crippen molar-refractivity contribution in [1.29, 1.82) is 0 Å². The van der Waals surface area contributed by atoms with Gasteiger partial charge in [-0.25, -0.2) is 14.2 Å². The van der Waals surface area contributed by atoms with Gasteiger partial charge in [0.05, 0.1) is 5.56 Å². The number of phenols is 1. The molecule has 0 aromatic heterocycles. The van der Waals surface area contributed by atoms with Crippen LogP contribution in [0.2, 0.25) is 5.02 Å². The van der Waals surface area contributed by atoms with Crippen LogP contribution >= 0.6 is 11.6 Å². The van der Waals surface area contributed by atoms with Crippen molar-refractivity contribution in [2.24, 2.45) is 4.99 Å². The molecule has 22 heavy (non-hydrogen) atoms. The number of aliphatic imine (C=N–C) groups is 1. The highest BCUT2D eigenvalue weighted by Crippen LogP contribution is 2.26. The maximum Gasteiger partial charge on any atom is 0.363 e. The van der Waals surface area contributed by atoms with Gasteiger partial charge in [-0.1, -0.05) is 23.7 Å². The molecule has 0 amide bonds. The highest BCUT2D eigenvalue weighted by atomic mass is 35.5. The maximum absolute atomic E-state index is 13.7. The third-order valence-corrected chi connectivity index (χ3v) is 3.24. The molecule has 0 saturated carbocycles. The zero-order valence-corrected chi connectivity index (χ0v) is 11.8. The molecule has 0 saturated heterocycles. The molecule has 0 fully saturated rings. The first kappa shape index (κ1) is 14.3. The topological polar surface area (TPSA) is 58.9 Å². The average Bonchev–Trinajstić information content (AvgIpc) is 2.84. The van der Waals surface area contributed by atoms with Crippen molar-refractivity contribution in [3.63, 3.8) is 0 Å². The van der Waals surface area contributed by atoms with E-state index in [1.807, 2.05) is 0 Å². The van der Waals surface area contributed by atoms with Crippen LogP contribution in [0.5, 0.6) is 5.75 Å². The van der Waals surface area contributed by atoms with Crippen LogP contribution in [-0.4, -0.2) is 17.0 Å². The summed E-state index contributed by atoms with van der Waals surface area (Å²) in [5, 5.41) is 10.1. The van der Waals surface area contributed by atoms with E-state index in [4.69, 9.17) is 16.3 Å². The van der Waals surface area contributed by atoms with Crippen LogP contribution in [0.15, 0.2) is 53.2 Å². The molecular formula is C16H9ClFNO3. The quantitative estimate of drug-likeness (QED) is 0.681. The normalized spacial score (nSPS) is 15.8. The molecule has 1 N–H and O–H groups in total. The summed E-state index contributed by atoms with van der Waals surface area (Å²) in [6.45, 7) is 0. The molecule has 3 rings (SSSR count). The number of phenolic OH excluding ortho intramolecular Hbond substituents is 1. The average molecular weight is 318 g/mol. The number of halogens is 2. The van der Waals surface area contributed by atoms with E-state index >= 15 is 0 Å². The molecule has 2 aromatic rings. The molecule has 0 atom stereocenters. The number of esters is 1. The van der Waals surface area contributed by atoms with E-state index in [1.165, 1.54) is 42.5 Å². The Morgan fingerprint density at radius 3 is 2.77 bits per heavy atom. The lowest BCUT2D eigenvalue weighted by atomic mass is 10.1. The third kappa shape index (κ3) is 2.71. The number of ether oxygens (including phenoxy) is 1. The monoisotopic (exact) mass is 317 g/mol. The van der Waals surface area contributed by atoms with Crippen molar-refractivity contribution in [1.82, 2.24) is 0 Å². The number of carbonyl (C=O) groups excluding carboxylic acids is 1. The van der Waals surface area contributed by atoms with Gasteiger partial charge in [0.1, 0.15) is 11.6 Å². The number of nitrogens with zero attached hydrogens (tertiary/aromatic N) is 1. The zero-order chi connectivity index (χ0) is 15.7. The van der Waals surface area contributed by atoms with Gasteiger partial charge in [0.2, 0.25) is 5.90 Å². The minimum Gasteiger partial charge on any atom is -0.507 e. The van der Waals surface area contributed by atoms with Crippen molar-refractivity contribution < 1.29 is 19.0 Å². The second-order valence-electron chi connectivity index (χ2n) is 4.52. The summed E-state index contributed by atoms with van der Waals surface area (Å²) in [6.07, 6.45) is 1.33. The zero-order valence-electron chi connectivity index (χ0n) is 11.1.